The fourth-order valence-electron chi connectivity index (χ4n) is 1.98. The summed E-state index contributed by atoms with van der Waals surface area (Å²) in [5, 5.41) is 4.16. The van der Waals surface area contributed by atoms with E-state index in [1.807, 2.05) is 0 Å². The van der Waals surface area contributed by atoms with E-state index in [4.69, 9.17) is 4.42 Å². The van der Waals surface area contributed by atoms with Gasteiger partial charge in [-0.05, 0) is 59.7 Å². The van der Waals surface area contributed by atoms with Crippen LogP contribution in [0.1, 0.15) is 43.2 Å². The van der Waals surface area contributed by atoms with Gasteiger partial charge in [-0.15, -0.1) is 0 Å². The highest BCUT2D eigenvalue weighted by atomic mass is 79.9. The lowest BCUT2D eigenvalue weighted by atomic mass is 9.89. The van der Waals surface area contributed by atoms with E-state index in [2.05, 4.69) is 33.4 Å². The third-order valence-electron chi connectivity index (χ3n) is 2.86. The number of rotatable bonds is 2. The first-order valence-electron chi connectivity index (χ1n) is 5.76. The molecule has 0 spiro atoms. The van der Waals surface area contributed by atoms with Crippen molar-refractivity contribution in [1.82, 2.24) is 5.43 Å². The highest BCUT2D eigenvalue weighted by molar-refractivity contribution is 9.10. The number of nitrogens with zero attached hydrogens (tertiary/aromatic N) is 1. The van der Waals surface area contributed by atoms with Gasteiger partial charge in [-0.1, -0.05) is 6.92 Å². The molecule has 1 atom stereocenters. The van der Waals surface area contributed by atoms with Gasteiger partial charge in [-0.3, -0.25) is 4.79 Å². The lowest BCUT2D eigenvalue weighted by molar-refractivity contribution is 0.0925. The van der Waals surface area contributed by atoms with Crippen molar-refractivity contribution in [3.05, 3.63) is 22.6 Å². The molecule has 0 aromatic carbocycles. The zero-order chi connectivity index (χ0) is 12.3. The minimum atomic E-state index is -0.304. The Morgan fingerprint density at radius 1 is 1.59 bits per heavy atom. The van der Waals surface area contributed by atoms with E-state index in [-0.39, 0.29) is 11.7 Å². The summed E-state index contributed by atoms with van der Waals surface area (Å²) in [6.07, 6.45) is 4.36. The molecule has 0 radical (unpaired) electrons. The Bertz CT molecular complexity index is 439. The van der Waals surface area contributed by atoms with Gasteiger partial charge in [-0.25, -0.2) is 5.43 Å². The molecule has 0 unspecified atom stereocenters. The summed E-state index contributed by atoms with van der Waals surface area (Å²) in [6.45, 7) is 2.21. The van der Waals surface area contributed by atoms with E-state index in [0.29, 0.717) is 10.6 Å². The smallest absolute Gasteiger partial charge is 0.307 e. The van der Waals surface area contributed by atoms with Crippen molar-refractivity contribution >= 4 is 27.5 Å². The molecule has 17 heavy (non-hydrogen) atoms. The molecule has 1 aromatic heterocycles. The van der Waals surface area contributed by atoms with Gasteiger partial charge in [0.2, 0.25) is 0 Å². The van der Waals surface area contributed by atoms with Crippen molar-refractivity contribution in [3.63, 3.8) is 0 Å². The fourth-order valence-corrected chi connectivity index (χ4v) is 2.29. The van der Waals surface area contributed by atoms with E-state index < -0.39 is 0 Å². The molecule has 1 N–H and O–H groups in total. The van der Waals surface area contributed by atoms with Crippen LogP contribution in [-0.2, 0) is 0 Å². The average Bonchev–Trinajstić information content (AvgIpc) is 2.73. The Labute approximate surface area is 109 Å². The molecule has 0 aliphatic heterocycles. The molecule has 4 nitrogen and oxygen atoms in total. The molecule has 1 aliphatic carbocycles. The van der Waals surface area contributed by atoms with E-state index in [1.165, 1.54) is 6.42 Å². The lowest BCUT2D eigenvalue weighted by Gasteiger charge is -2.18. The molecule has 1 aliphatic rings. The summed E-state index contributed by atoms with van der Waals surface area (Å²) in [5.41, 5.74) is 3.61. The zero-order valence-electron chi connectivity index (χ0n) is 9.70. The number of hydrogen-bond donors (Lipinski definition) is 1. The van der Waals surface area contributed by atoms with Crippen molar-refractivity contribution in [2.45, 2.75) is 32.6 Å². The summed E-state index contributed by atoms with van der Waals surface area (Å²) in [7, 11) is 0. The van der Waals surface area contributed by atoms with Gasteiger partial charge in [0.25, 0.3) is 0 Å². The standard InChI is InChI=1S/C12H15BrN2O2/c1-8-3-2-4-9(7-8)14-15-12(16)10-5-6-11(13)17-10/h5-6,8H,2-4,7H2,1H3,(H,15,16)/b14-9+/t8-/m1/s1. The molecule has 92 valence electrons. The van der Waals surface area contributed by atoms with Gasteiger partial charge >= 0.3 is 5.91 Å². The average molecular weight is 299 g/mol. The third kappa shape index (κ3) is 3.43. The summed E-state index contributed by atoms with van der Waals surface area (Å²) < 4.78 is 5.68. The minimum absolute atomic E-state index is 0.269. The van der Waals surface area contributed by atoms with Crippen molar-refractivity contribution in [1.29, 1.82) is 0 Å². The van der Waals surface area contributed by atoms with Crippen molar-refractivity contribution in [2.75, 3.05) is 0 Å². The largest absolute Gasteiger partial charge is 0.444 e. The van der Waals surface area contributed by atoms with Crippen LogP contribution in [0.3, 0.4) is 0 Å². The number of amides is 1. The van der Waals surface area contributed by atoms with Gasteiger partial charge in [-0.2, -0.15) is 5.10 Å². The second-order valence-corrected chi connectivity index (χ2v) is 5.21. The highest BCUT2D eigenvalue weighted by Crippen LogP contribution is 2.21. The molecule has 0 bridgehead atoms. The second kappa shape index (κ2) is 5.49. The molecule has 1 amide bonds. The quantitative estimate of drug-likeness (QED) is 0.852. The minimum Gasteiger partial charge on any atom is -0.444 e. The van der Waals surface area contributed by atoms with Crippen LogP contribution in [0.25, 0.3) is 0 Å². The molecule has 1 aromatic rings. The Balaban J connectivity index is 1.93. The van der Waals surface area contributed by atoms with Crippen molar-refractivity contribution in [2.24, 2.45) is 11.0 Å². The normalized spacial score (nSPS) is 22.7. The third-order valence-corrected chi connectivity index (χ3v) is 3.29. The molecule has 0 saturated heterocycles. The summed E-state index contributed by atoms with van der Waals surface area (Å²) in [4.78, 5) is 11.6. The first-order chi connectivity index (χ1) is 8.15. The first-order valence-corrected chi connectivity index (χ1v) is 6.55. The lowest BCUT2D eigenvalue weighted by Crippen LogP contribution is -2.21. The van der Waals surface area contributed by atoms with Gasteiger partial charge < -0.3 is 4.42 Å². The van der Waals surface area contributed by atoms with Crippen LogP contribution in [0.4, 0.5) is 0 Å². The SMILES string of the molecule is C[C@@H]1CCC/C(=N\NC(=O)c2ccc(Br)o2)C1. The van der Waals surface area contributed by atoms with Crippen molar-refractivity contribution in [3.8, 4) is 0 Å². The Morgan fingerprint density at radius 3 is 3.06 bits per heavy atom. The van der Waals surface area contributed by atoms with Gasteiger partial charge in [0.1, 0.15) is 0 Å². The number of carbonyl (C=O) groups excluding carboxylic acids is 1. The predicted octanol–water partition coefficient (Wildman–Crippen LogP) is 3.34. The summed E-state index contributed by atoms with van der Waals surface area (Å²) in [6, 6.07) is 3.30. The molecule has 1 heterocycles. The number of hydrazone groups is 1. The van der Waals surface area contributed by atoms with Crippen LogP contribution in [0, 0.1) is 5.92 Å². The van der Waals surface area contributed by atoms with Crippen LogP contribution in [0.5, 0.6) is 0 Å². The van der Waals surface area contributed by atoms with Gasteiger partial charge in [0, 0.05) is 5.71 Å². The number of hydrogen-bond acceptors (Lipinski definition) is 3. The Kier molecular flexibility index (Phi) is 3.99. The maximum atomic E-state index is 11.6. The van der Waals surface area contributed by atoms with Crippen LogP contribution < -0.4 is 5.43 Å². The molecule has 5 heteroatoms. The fraction of sp³-hybridized carbons (Fsp3) is 0.500. The van der Waals surface area contributed by atoms with Gasteiger partial charge in [0.15, 0.2) is 10.4 Å². The predicted molar refractivity (Wildman–Crippen MR) is 68.9 cm³/mol. The number of halogens is 1. The van der Waals surface area contributed by atoms with E-state index >= 15 is 0 Å². The first kappa shape index (κ1) is 12.4. The topological polar surface area (TPSA) is 54.6 Å². The maximum absolute atomic E-state index is 11.6. The Morgan fingerprint density at radius 2 is 2.41 bits per heavy atom. The van der Waals surface area contributed by atoms with Crippen LogP contribution in [0.15, 0.2) is 26.3 Å². The van der Waals surface area contributed by atoms with Crippen molar-refractivity contribution < 1.29 is 9.21 Å². The maximum Gasteiger partial charge on any atom is 0.307 e. The van der Waals surface area contributed by atoms with Crippen LogP contribution >= 0.6 is 15.9 Å². The molecular formula is C12H15BrN2O2. The molecule has 1 fully saturated rings. The highest BCUT2D eigenvalue weighted by Gasteiger charge is 2.15. The van der Waals surface area contributed by atoms with E-state index in [0.717, 1.165) is 25.0 Å². The number of carbonyl (C=O) groups is 1. The molecule has 2 rings (SSSR count). The van der Waals surface area contributed by atoms with Gasteiger partial charge in [0.05, 0.1) is 0 Å². The van der Waals surface area contributed by atoms with Crippen LogP contribution in [-0.4, -0.2) is 11.6 Å². The van der Waals surface area contributed by atoms with E-state index in [9.17, 15) is 4.79 Å². The molecular weight excluding hydrogens is 284 g/mol. The summed E-state index contributed by atoms with van der Waals surface area (Å²) >= 11 is 3.15. The van der Waals surface area contributed by atoms with Crippen LogP contribution in [0.2, 0.25) is 0 Å². The number of nitrogens with one attached hydrogen (secondary N) is 1. The zero-order valence-corrected chi connectivity index (χ0v) is 11.3. The summed E-state index contributed by atoms with van der Waals surface area (Å²) in [5.74, 6) is 0.628. The monoisotopic (exact) mass is 298 g/mol. The number of furan rings is 1. The Hall–Kier alpha value is -1.10. The second-order valence-electron chi connectivity index (χ2n) is 4.42. The van der Waals surface area contributed by atoms with E-state index in [1.54, 1.807) is 12.1 Å². The molecule has 1 saturated carbocycles.